The summed E-state index contributed by atoms with van der Waals surface area (Å²) in [5.74, 6) is 0.707. The van der Waals surface area contributed by atoms with Gasteiger partial charge in [-0.2, -0.15) is 0 Å². The van der Waals surface area contributed by atoms with Crippen LogP contribution >= 0.6 is 35.6 Å². The highest BCUT2D eigenvalue weighted by atomic mass is 35.5. The van der Waals surface area contributed by atoms with Crippen LogP contribution in [0, 0.1) is 0 Å². The zero-order valence-corrected chi connectivity index (χ0v) is 51.5. The molecular formula is C57H112Cl3F2N3O16. The van der Waals surface area contributed by atoms with Gasteiger partial charge in [-0.15, -0.1) is 35.6 Å². The Kier molecular flexibility index (Phi) is 47.9. The van der Waals surface area contributed by atoms with Gasteiger partial charge in [-0.3, -0.25) is 4.79 Å². The molecule has 0 saturated carbocycles. The third-order valence-corrected chi connectivity index (χ3v) is 10.6. The molecule has 3 N–H and O–H groups in total. The number of nitrogens with zero attached hydrogens (tertiary/aromatic N) is 3. The van der Waals surface area contributed by atoms with Crippen molar-refractivity contribution in [3.63, 3.8) is 0 Å². The number of carbonyl (C=O) groups excluding carboxylic acids is 4. The van der Waals surface area contributed by atoms with Gasteiger partial charge in [0.2, 0.25) is 0 Å². The number of rotatable bonds is 7. The van der Waals surface area contributed by atoms with E-state index in [2.05, 4.69) is 13.2 Å². The summed E-state index contributed by atoms with van der Waals surface area (Å²) in [4.78, 5) is 50.8. The Morgan fingerprint density at radius 2 is 1.05 bits per heavy atom. The van der Waals surface area contributed by atoms with Gasteiger partial charge >= 0.3 is 24.2 Å². The van der Waals surface area contributed by atoms with Gasteiger partial charge in [-0.25, -0.2) is 23.2 Å². The number of aliphatic hydroxyl groups is 3. The smallest absolute Gasteiger partial charge is 0.410 e. The number of hydrogen-bond acceptors (Lipinski definition) is 16. The molecule has 0 radical (unpaired) electrons. The van der Waals surface area contributed by atoms with Crippen LogP contribution in [-0.4, -0.2) is 224 Å². The van der Waals surface area contributed by atoms with Crippen molar-refractivity contribution >= 4 is 59.9 Å². The molecule has 0 aliphatic carbocycles. The van der Waals surface area contributed by atoms with Crippen molar-refractivity contribution in [1.29, 1.82) is 0 Å². The van der Waals surface area contributed by atoms with E-state index in [0.717, 1.165) is 24.0 Å². The Labute approximate surface area is 505 Å². The van der Waals surface area contributed by atoms with E-state index in [4.69, 9.17) is 72.3 Å². The van der Waals surface area contributed by atoms with Crippen LogP contribution in [-0.2, 0) is 47.4 Å². The van der Waals surface area contributed by atoms with Gasteiger partial charge in [0.15, 0.2) is 0 Å². The number of β-amino-alcohol motifs (C(OH)–C–C–N with tert-alkyl or cyclic N) is 1. The monoisotopic (exact) mass is 1240 g/mol. The zero-order chi connectivity index (χ0) is 60.4. The molecular weight excluding hydrogens is 1130 g/mol. The standard InChI is InChI=1S/C11H20FNO4.C11H19NO4.C11H19NO3.C8H16O3.C7H13FO2.C4H6Cl2.C2H6.3CH4.ClH/c1-10(2,3)17-9(14)13-4-5-16-8-11(15,6-12)7-13;1-10(2,3)16-9(13)12-4-5-14-7-11(6-12)8-15-11;1-9-7-12(5-6-14-8-9)10(13)15-11(2,3)4;1-8(2,3)11-7(10)5-4-6-9;8-5-7(9)3-1-2-4-10-6-7;1-4(2-5)3-6;1-2;;;;/h15H,4-8H2,1-3H3;4-8H2,1-3H3;1,5-8H2,2-4H3;9H,4-6H2,1-3H3;9H,1-6H2;1-3H2;1-2H3;3*1H4;1H/i;;;;;;1D;;;;. The average molecular weight is 1240 g/mol. The zero-order valence-electron chi connectivity index (χ0n) is 50.2. The Balaban J connectivity index is -0.000000212. The molecule has 81 heavy (non-hydrogen) atoms. The highest BCUT2D eigenvalue weighted by molar-refractivity contribution is 6.23. The molecule has 3 unspecified atom stereocenters. The highest BCUT2D eigenvalue weighted by Gasteiger charge is 2.49. The van der Waals surface area contributed by atoms with E-state index in [-0.39, 0.29) is 98.0 Å². The van der Waals surface area contributed by atoms with Crippen LogP contribution < -0.4 is 0 Å². The van der Waals surface area contributed by atoms with Crippen molar-refractivity contribution in [1.82, 2.24) is 14.7 Å². The molecule has 5 saturated heterocycles. The number of alkyl halides is 4. The molecule has 5 aliphatic heterocycles. The third kappa shape index (κ3) is 47.1. The van der Waals surface area contributed by atoms with Crippen LogP contribution in [0.15, 0.2) is 24.3 Å². The Bertz CT molecular complexity index is 1720. The van der Waals surface area contributed by atoms with E-state index in [1.807, 2.05) is 62.3 Å². The molecule has 3 atom stereocenters. The lowest BCUT2D eigenvalue weighted by molar-refractivity contribution is -0.155. The van der Waals surface area contributed by atoms with Crippen LogP contribution in [0.2, 0.25) is 0 Å². The Hall–Kier alpha value is -2.83. The fourth-order valence-electron chi connectivity index (χ4n) is 6.16. The van der Waals surface area contributed by atoms with Crippen molar-refractivity contribution in [2.24, 2.45) is 0 Å². The maximum Gasteiger partial charge on any atom is 0.410 e. The number of allylic oxidation sites excluding steroid dienone is 1. The minimum atomic E-state index is -1.63. The van der Waals surface area contributed by atoms with E-state index in [1.54, 1.807) is 37.5 Å². The molecule has 24 heteroatoms. The predicted octanol–water partition coefficient (Wildman–Crippen LogP) is 11.2. The molecule has 19 nitrogen and oxygen atoms in total. The topological polar surface area (TPSA) is 225 Å². The van der Waals surface area contributed by atoms with Crippen molar-refractivity contribution < 1.29 is 87.3 Å². The van der Waals surface area contributed by atoms with Gasteiger partial charge in [0.25, 0.3) is 0 Å². The number of aliphatic hydroxyl groups excluding tert-OH is 1. The van der Waals surface area contributed by atoms with Gasteiger partial charge < -0.3 is 72.7 Å². The molecule has 5 heterocycles. The Morgan fingerprint density at radius 1 is 0.654 bits per heavy atom. The maximum atomic E-state index is 12.7. The second kappa shape index (κ2) is 44.6. The van der Waals surface area contributed by atoms with Crippen LogP contribution in [0.4, 0.5) is 23.2 Å². The molecule has 1 spiro atoms. The number of halogens is 5. The fraction of sp³-hybridized carbons (Fsp3) is 0.860. The predicted molar refractivity (Wildman–Crippen MR) is 322 cm³/mol. The summed E-state index contributed by atoms with van der Waals surface area (Å²) in [6.45, 7) is 36.2. The molecule has 0 aromatic carbocycles. The summed E-state index contributed by atoms with van der Waals surface area (Å²) in [7, 11) is 0. The summed E-state index contributed by atoms with van der Waals surface area (Å²) in [5.41, 5.74) is -3.23. The van der Waals surface area contributed by atoms with E-state index in [9.17, 15) is 38.2 Å². The first-order valence-corrected chi connectivity index (χ1v) is 27.1. The van der Waals surface area contributed by atoms with Crippen LogP contribution in [0.3, 0.4) is 0 Å². The quantitative estimate of drug-likeness (QED) is 0.0708. The largest absolute Gasteiger partial charge is 0.460 e. The first-order valence-electron chi connectivity index (χ1n) is 26.7. The van der Waals surface area contributed by atoms with Crippen molar-refractivity contribution in [2.45, 2.75) is 190 Å². The lowest BCUT2D eigenvalue weighted by Gasteiger charge is -2.30. The van der Waals surface area contributed by atoms with Gasteiger partial charge in [-0.05, 0) is 120 Å². The van der Waals surface area contributed by atoms with E-state index < -0.39 is 53.0 Å². The van der Waals surface area contributed by atoms with Gasteiger partial charge in [0.05, 0.1) is 65.9 Å². The van der Waals surface area contributed by atoms with Gasteiger partial charge in [0, 0.05) is 58.9 Å². The average Bonchev–Trinajstić information content (AvgIpc) is 4.20. The van der Waals surface area contributed by atoms with Crippen LogP contribution in [0.5, 0.6) is 0 Å². The highest BCUT2D eigenvalue weighted by Crippen LogP contribution is 2.30. The minimum Gasteiger partial charge on any atom is -0.460 e. The second-order valence-corrected chi connectivity index (χ2v) is 23.3. The van der Waals surface area contributed by atoms with E-state index >= 15 is 0 Å². The number of hydrogen-bond donors (Lipinski definition) is 3. The van der Waals surface area contributed by atoms with Gasteiger partial charge in [0.1, 0.15) is 52.6 Å². The summed E-state index contributed by atoms with van der Waals surface area (Å²) in [5, 5.41) is 27.6. The summed E-state index contributed by atoms with van der Waals surface area (Å²) in [6, 6.07) is 0. The first-order chi connectivity index (χ1) is 36.0. The van der Waals surface area contributed by atoms with Crippen LogP contribution in [0.1, 0.15) is 153 Å². The number of ether oxygens (including phenoxy) is 9. The second-order valence-electron chi connectivity index (χ2n) is 22.7. The SMILES string of the molecule is C.C.C.C=C(CCl)CCl.C=C1COCCN(C(=O)OC(C)(C)C)C1.CC(C)(C)OC(=O)CCCO.CC(C)(C)OC(=O)N1CCOCC(O)(CF)C1.CC(C)(C)OC(=O)N1CCOCC2(CO2)C1.Cl.OC1(CF)CCCCOC1.[2H]CC. The molecule has 3 amide bonds. The number of amides is 3. The summed E-state index contributed by atoms with van der Waals surface area (Å²) >= 11 is 10.5. The number of epoxide rings is 1. The lowest BCUT2D eigenvalue weighted by Crippen LogP contribution is -2.49. The third-order valence-electron chi connectivity index (χ3n) is 9.83. The normalized spacial score (nSPS) is 21.7. The summed E-state index contributed by atoms with van der Waals surface area (Å²) in [6.07, 6.45) is 1.96. The van der Waals surface area contributed by atoms with Gasteiger partial charge in [-0.1, -0.05) is 49.3 Å². The van der Waals surface area contributed by atoms with Crippen molar-refractivity contribution in [3.05, 3.63) is 24.3 Å². The molecule has 0 aromatic heterocycles. The molecule has 5 fully saturated rings. The van der Waals surface area contributed by atoms with E-state index in [1.165, 1.54) is 4.90 Å². The lowest BCUT2D eigenvalue weighted by atomic mass is 10.0. The maximum absolute atomic E-state index is 12.7. The van der Waals surface area contributed by atoms with Crippen molar-refractivity contribution in [2.75, 3.05) is 130 Å². The summed E-state index contributed by atoms with van der Waals surface area (Å²) < 4.78 is 77.9. The molecule has 486 valence electrons. The van der Waals surface area contributed by atoms with E-state index in [0.29, 0.717) is 104 Å². The fourth-order valence-corrected chi connectivity index (χ4v) is 6.45. The number of carbonyl (C=O) groups is 4. The van der Waals surface area contributed by atoms with Crippen molar-refractivity contribution in [3.8, 4) is 0 Å². The van der Waals surface area contributed by atoms with Crippen LogP contribution in [0.25, 0.3) is 0 Å². The molecule has 0 aromatic rings. The molecule has 0 bridgehead atoms. The minimum absolute atomic E-state index is 0. The first kappa shape index (κ1) is 87.0. The molecule has 5 aliphatic rings. The Morgan fingerprint density at radius 3 is 1.46 bits per heavy atom. The number of esters is 1. The molecule has 5 rings (SSSR count).